The third-order valence-electron chi connectivity index (χ3n) is 6.47. The van der Waals surface area contributed by atoms with E-state index in [9.17, 15) is 0 Å². The Morgan fingerprint density at radius 3 is 2.45 bits per heavy atom. The number of halogens is 1. The van der Waals surface area contributed by atoms with E-state index in [1.165, 1.54) is 25.7 Å². The summed E-state index contributed by atoms with van der Waals surface area (Å²) >= 11 is 0. The Balaban J connectivity index is 0.00000300. The summed E-state index contributed by atoms with van der Waals surface area (Å²) < 4.78 is 7.74. The first-order valence-corrected chi connectivity index (χ1v) is 11.0. The number of hydrogen-bond acceptors (Lipinski definition) is 4. The minimum absolute atomic E-state index is 0. The molecule has 8 heteroatoms. The maximum atomic E-state index is 5.75. The van der Waals surface area contributed by atoms with Gasteiger partial charge in [0.05, 0.1) is 6.10 Å². The van der Waals surface area contributed by atoms with Crippen molar-refractivity contribution < 1.29 is 4.74 Å². The Morgan fingerprint density at radius 1 is 1.14 bits per heavy atom. The maximum absolute atomic E-state index is 5.75. The lowest BCUT2D eigenvalue weighted by Crippen LogP contribution is -2.43. The summed E-state index contributed by atoms with van der Waals surface area (Å²) in [5, 5.41) is 15.4. The van der Waals surface area contributed by atoms with E-state index in [1.54, 1.807) is 0 Å². The van der Waals surface area contributed by atoms with E-state index in [1.807, 2.05) is 18.5 Å². The van der Waals surface area contributed by atoms with Gasteiger partial charge in [-0.25, -0.2) is 4.99 Å². The Bertz CT molecular complexity index is 633. The lowest BCUT2D eigenvalue weighted by atomic mass is 9.77. The molecule has 29 heavy (non-hydrogen) atoms. The lowest BCUT2D eigenvalue weighted by Gasteiger charge is -2.31. The molecule has 7 nitrogen and oxygen atoms in total. The molecule has 1 aliphatic carbocycles. The smallest absolute Gasteiger partial charge is 0.191 e. The summed E-state index contributed by atoms with van der Waals surface area (Å²) in [7, 11) is 1.99. The molecule has 1 aromatic heterocycles. The van der Waals surface area contributed by atoms with Gasteiger partial charge in [0.2, 0.25) is 0 Å². The summed E-state index contributed by atoms with van der Waals surface area (Å²) in [5.41, 5.74) is 0. The lowest BCUT2D eigenvalue weighted by molar-refractivity contribution is 0.113. The molecule has 1 saturated heterocycles. The van der Waals surface area contributed by atoms with Crippen molar-refractivity contribution in [2.75, 3.05) is 19.7 Å². The number of aromatic nitrogens is 3. The number of rotatable bonds is 7. The van der Waals surface area contributed by atoms with Crippen LogP contribution in [0.2, 0.25) is 0 Å². The second-order valence-electron chi connectivity index (χ2n) is 8.81. The Kier molecular flexibility index (Phi) is 10.1. The van der Waals surface area contributed by atoms with Crippen LogP contribution in [0.5, 0.6) is 0 Å². The summed E-state index contributed by atoms with van der Waals surface area (Å²) in [6, 6.07) is 0. The summed E-state index contributed by atoms with van der Waals surface area (Å²) in [4.78, 5) is 4.77. The van der Waals surface area contributed by atoms with E-state index in [0.29, 0.717) is 12.6 Å². The van der Waals surface area contributed by atoms with Gasteiger partial charge in [0.15, 0.2) is 11.8 Å². The number of aryl methyl sites for hydroxylation is 1. The van der Waals surface area contributed by atoms with Crippen molar-refractivity contribution in [3.05, 3.63) is 11.6 Å². The molecule has 1 saturated carbocycles. The van der Waals surface area contributed by atoms with E-state index >= 15 is 0 Å². The largest absolute Gasteiger partial charge is 0.376 e. The van der Waals surface area contributed by atoms with Crippen LogP contribution in [-0.2, 0) is 18.3 Å². The highest BCUT2D eigenvalue weighted by Crippen LogP contribution is 2.32. The molecule has 0 amide bonds. The van der Waals surface area contributed by atoms with Crippen molar-refractivity contribution in [1.82, 2.24) is 25.4 Å². The van der Waals surface area contributed by atoms with Crippen LogP contribution in [-0.4, -0.2) is 46.5 Å². The van der Waals surface area contributed by atoms with E-state index < -0.39 is 0 Å². The minimum Gasteiger partial charge on any atom is -0.376 e. The molecular formula is C21H39IN6O. The molecule has 2 aliphatic rings. The van der Waals surface area contributed by atoms with Gasteiger partial charge < -0.3 is 19.9 Å². The van der Waals surface area contributed by atoms with Crippen LogP contribution in [0.1, 0.15) is 64.0 Å². The van der Waals surface area contributed by atoms with Crippen LogP contribution < -0.4 is 10.6 Å². The van der Waals surface area contributed by atoms with Gasteiger partial charge >= 0.3 is 0 Å². The number of nitrogens with zero attached hydrogens (tertiary/aromatic N) is 4. The van der Waals surface area contributed by atoms with Gasteiger partial charge in [0.25, 0.3) is 0 Å². The molecule has 2 heterocycles. The van der Waals surface area contributed by atoms with Crippen molar-refractivity contribution in [3.63, 3.8) is 0 Å². The number of nitrogens with one attached hydrogen (secondary N) is 2. The second kappa shape index (κ2) is 12.1. The van der Waals surface area contributed by atoms with Crippen LogP contribution in [0.25, 0.3) is 0 Å². The van der Waals surface area contributed by atoms with Crippen molar-refractivity contribution in [2.24, 2.45) is 29.8 Å². The van der Waals surface area contributed by atoms with Crippen molar-refractivity contribution in [2.45, 2.75) is 71.9 Å². The Hall–Kier alpha value is -0.900. The number of guanidine groups is 1. The predicted molar refractivity (Wildman–Crippen MR) is 128 cm³/mol. The van der Waals surface area contributed by atoms with Crippen LogP contribution >= 0.6 is 24.0 Å². The summed E-state index contributed by atoms with van der Waals surface area (Å²) in [6.07, 6.45) is 7.93. The molecule has 1 aromatic rings. The average molecular weight is 518 g/mol. The third-order valence-corrected chi connectivity index (χ3v) is 6.47. The summed E-state index contributed by atoms with van der Waals surface area (Å²) in [5.74, 6) is 5.11. The third kappa shape index (κ3) is 7.38. The normalized spacial score (nSPS) is 25.1. The predicted octanol–water partition coefficient (Wildman–Crippen LogP) is 3.42. The molecule has 1 atom stereocenters. The zero-order valence-electron chi connectivity index (χ0n) is 18.5. The fraction of sp³-hybridized carbons (Fsp3) is 0.857. The maximum Gasteiger partial charge on any atom is 0.191 e. The van der Waals surface area contributed by atoms with Gasteiger partial charge in [0.1, 0.15) is 12.4 Å². The zero-order valence-corrected chi connectivity index (χ0v) is 20.8. The van der Waals surface area contributed by atoms with Crippen molar-refractivity contribution >= 4 is 29.9 Å². The minimum atomic E-state index is 0. The molecule has 1 aliphatic heterocycles. The van der Waals surface area contributed by atoms with Gasteiger partial charge in [-0.15, -0.1) is 34.2 Å². The topological polar surface area (TPSA) is 76.4 Å². The number of ether oxygens (including phenoxy) is 1. The molecule has 3 rings (SSSR count). The van der Waals surface area contributed by atoms with Crippen LogP contribution in [0.4, 0.5) is 0 Å². The number of hydrogen-bond donors (Lipinski definition) is 2. The number of aliphatic imine (C=N–C) groups is 1. The summed E-state index contributed by atoms with van der Waals surface area (Å²) in [6.45, 7) is 9.88. The van der Waals surface area contributed by atoms with Gasteiger partial charge in [-0.1, -0.05) is 13.8 Å². The van der Waals surface area contributed by atoms with E-state index in [-0.39, 0.29) is 24.0 Å². The molecule has 0 radical (unpaired) electrons. The van der Waals surface area contributed by atoms with Crippen LogP contribution in [0.3, 0.4) is 0 Å². The average Bonchev–Trinajstić information content (AvgIpc) is 3.32. The van der Waals surface area contributed by atoms with E-state index in [4.69, 9.17) is 9.73 Å². The fourth-order valence-electron chi connectivity index (χ4n) is 4.23. The second-order valence-corrected chi connectivity index (χ2v) is 8.81. The molecule has 0 aromatic carbocycles. The van der Waals surface area contributed by atoms with Gasteiger partial charge in [-0.05, 0) is 63.2 Å². The van der Waals surface area contributed by atoms with E-state index in [0.717, 1.165) is 67.9 Å². The first-order valence-electron chi connectivity index (χ1n) is 11.0. The molecule has 166 valence electrons. The standard InChI is InChI=1S/C21H38N6O.HI/c1-15(2)18-9-7-17(8-10-18)12-22-21(23-13-19-6-5-11-28-19)24-14-20-26-25-16(3)27(20)4;/h15,17-19H,5-14H2,1-4H3,(H2,22,23,24);1H. The highest BCUT2D eigenvalue weighted by Gasteiger charge is 2.23. The van der Waals surface area contributed by atoms with Gasteiger partial charge in [-0.3, -0.25) is 0 Å². The van der Waals surface area contributed by atoms with E-state index in [2.05, 4.69) is 34.7 Å². The van der Waals surface area contributed by atoms with Crippen molar-refractivity contribution in [3.8, 4) is 0 Å². The molecule has 0 bridgehead atoms. The quantitative estimate of drug-likeness (QED) is 0.329. The van der Waals surface area contributed by atoms with Crippen LogP contribution in [0, 0.1) is 24.7 Å². The SMILES string of the molecule is Cc1nnc(CN=C(NCC2CCC(C(C)C)CC2)NCC2CCCO2)n1C.I. The van der Waals surface area contributed by atoms with Crippen molar-refractivity contribution in [1.29, 1.82) is 0 Å². The Labute approximate surface area is 192 Å². The fourth-order valence-corrected chi connectivity index (χ4v) is 4.23. The zero-order chi connectivity index (χ0) is 19.9. The van der Waals surface area contributed by atoms with Gasteiger partial charge in [-0.2, -0.15) is 0 Å². The first-order chi connectivity index (χ1) is 13.5. The monoisotopic (exact) mass is 518 g/mol. The molecule has 2 fully saturated rings. The highest BCUT2D eigenvalue weighted by atomic mass is 127. The molecular weight excluding hydrogens is 479 g/mol. The van der Waals surface area contributed by atoms with Gasteiger partial charge in [0, 0.05) is 26.7 Å². The highest BCUT2D eigenvalue weighted by molar-refractivity contribution is 14.0. The van der Waals surface area contributed by atoms with Crippen LogP contribution in [0.15, 0.2) is 4.99 Å². The molecule has 0 spiro atoms. The molecule has 2 N–H and O–H groups in total. The Morgan fingerprint density at radius 2 is 1.86 bits per heavy atom. The first kappa shape index (κ1) is 24.4. The molecule has 1 unspecified atom stereocenters.